The molecular formula is C18H24O3. The predicted molar refractivity (Wildman–Crippen MR) is 83.0 cm³/mol. The van der Waals surface area contributed by atoms with Gasteiger partial charge in [0.1, 0.15) is 0 Å². The van der Waals surface area contributed by atoms with Crippen LogP contribution in [0.15, 0.2) is 42.0 Å². The molecule has 0 radical (unpaired) electrons. The molecule has 2 atom stereocenters. The van der Waals surface area contributed by atoms with Gasteiger partial charge in [0.2, 0.25) is 0 Å². The van der Waals surface area contributed by atoms with Crippen molar-refractivity contribution < 1.29 is 14.3 Å². The summed E-state index contributed by atoms with van der Waals surface area (Å²) in [5.74, 6) is -0.217. The number of hydrogen-bond acceptors (Lipinski definition) is 3. The minimum Gasteiger partial charge on any atom is -0.462 e. The molecule has 3 heteroatoms. The molecule has 0 saturated carbocycles. The Bertz CT molecular complexity index is 478. The van der Waals surface area contributed by atoms with Crippen molar-refractivity contribution in [2.45, 2.75) is 51.7 Å². The number of benzene rings is 1. The quantitative estimate of drug-likeness (QED) is 0.567. The van der Waals surface area contributed by atoms with Crippen LogP contribution in [0.2, 0.25) is 0 Å². The molecule has 0 aliphatic carbocycles. The summed E-state index contributed by atoms with van der Waals surface area (Å²) in [6.07, 6.45) is 5.35. The fraction of sp³-hybridized carbons (Fsp3) is 0.500. The zero-order valence-electron chi connectivity index (χ0n) is 12.9. The van der Waals surface area contributed by atoms with Crippen molar-refractivity contribution in [3.63, 3.8) is 0 Å². The minimum absolute atomic E-state index is 0.0572. The second-order valence-corrected chi connectivity index (χ2v) is 5.33. The highest BCUT2D eigenvalue weighted by Crippen LogP contribution is 2.25. The Morgan fingerprint density at radius 1 is 1.19 bits per heavy atom. The lowest BCUT2D eigenvalue weighted by atomic mass is 10.1. The van der Waals surface area contributed by atoms with Gasteiger partial charge < -0.3 is 9.47 Å². The van der Waals surface area contributed by atoms with E-state index in [0.717, 1.165) is 25.7 Å². The smallest absolute Gasteiger partial charge is 0.336 e. The molecule has 1 heterocycles. The van der Waals surface area contributed by atoms with Crippen LogP contribution in [0.1, 0.15) is 38.7 Å². The minimum atomic E-state index is -0.217. The number of aryl methyl sites for hydroxylation is 1. The summed E-state index contributed by atoms with van der Waals surface area (Å²) in [5, 5.41) is 0. The zero-order chi connectivity index (χ0) is 15.1. The van der Waals surface area contributed by atoms with Gasteiger partial charge in [0.05, 0.1) is 24.4 Å². The molecule has 2 rings (SSSR count). The SMILES string of the molecule is CC[C@@H]1C=C(C(=O)OCCCc2ccccc2)[C@@H](CC)O1. The van der Waals surface area contributed by atoms with Crippen LogP contribution in [0, 0.1) is 0 Å². The highest BCUT2D eigenvalue weighted by Gasteiger charge is 2.30. The molecule has 0 spiro atoms. The van der Waals surface area contributed by atoms with Crippen molar-refractivity contribution in [1.82, 2.24) is 0 Å². The molecule has 0 bridgehead atoms. The number of esters is 1. The molecule has 1 aromatic carbocycles. The van der Waals surface area contributed by atoms with E-state index in [-0.39, 0.29) is 18.2 Å². The fourth-order valence-electron chi connectivity index (χ4n) is 2.53. The molecule has 114 valence electrons. The van der Waals surface area contributed by atoms with Crippen LogP contribution in [0.25, 0.3) is 0 Å². The van der Waals surface area contributed by atoms with Crippen molar-refractivity contribution >= 4 is 5.97 Å². The van der Waals surface area contributed by atoms with Crippen LogP contribution in [-0.2, 0) is 20.7 Å². The summed E-state index contributed by atoms with van der Waals surface area (Å²) in [6.45, 7) is 4.54. The maximum atomic E-state index is 12.1. The van der Waals surface area contributed by atoms with Gasteiger partial charge >= 0.3 is 5.97 Å². The average Bonchev–Trinajstić information content (AvgIpc) is 2.96. The molecule has 1 aliphatic heterocycles. The van der Waals surface area contributed by atoms with Crippen LogP contribution >= 0.6 is 0 Å². The number of ether oxygens (including phenoxy) is 2. The second kappa shape index (κ2) is 7.99. The topological polar surface area (TPSA) is 35.5 Å². The van der Waals surface area contributed by atoms with Gasteiger partial charge in [-0.2, -0.15) is 0 Å². The van der Waals surface area contributed by atoms with Crippen LogP contribution in [0.4, 0.5) is 0 Å². The van der Waals surface area contributed by atoms with Gasteiger partial charge in [-0.25, -0.2) is 4.79 Å². The summed E-state index contributed by atoms with van der Waals surface area (Å²) in [5.41, 5.74) is 1.97. The van der Waals surface area contributed by atoms with Crippen molar-refractivity contribution in [1.29, 1.82) is 0 Å². The molecule has 0 N–H and O–H groups in total. The highest BCUT2D eigenvalue weighted by atomic mass is 16.5. The van der Waals surface area contributed by atoms with E-state index < -0.39 is 0 Å². The van der Waals surface area contributed by atoms with Gasteiger partial charge in [-0.05, 0) is 37.3 Å². The Labute approximate surface area is 127 Å². The summed E-state index contributed by atoms with van der Waals surface area (Å²) in [4.78, 5) is 12.1. The van der Waals surface area contributed by atoms with E-state index in [1.165, 1.54) is 5.56 Å². The third-order valence-electron chi connectivity index (χ3n) is 3.75. The van der Waals surface area contributed by atoms with Gasteiger partial charge in [-0.15, -0.1) is 0 Å². The first-order valence-electron chi connectivity index (χ1n) is 7.82. The van der Waals surface area contributed by atoms with E-state index in [4.69, 9.17) is 9.47 Å². The lowest BCUT2D eigenvalue weighted by Gasteiger charge is -2.13. The number of carbonyl (C=O) groups excluding carboxylic acids is 1. The number of carbonyl (C=O) groups is 1. The molecule has 0 saturated heterocycles. The predicted octanol–water partition coefficient (Wildman–Crippen LogP) is 3.68. The van der Waals surface area contributed by atoms with E-state index in [1.807, 2.05) is 31.2 Å². The lowest BCUT2D eigenvalue weighted by Crippen LogP contribution is -2.19. The Morgan fingerprint density at radius 3 is 2.62 bits per heavy atom. The molecule has 1 aliphatic rings. The van der Waals surface area contributed by atoms with Crippen LogP contribution in [-0.4, -0.2) is 24.8 Å². The Hall–Kier alpha value is -1.61. The van der Waals surface area contributed by atoms with Gasteiger partial charge in [0.25, 0.3) is 0 Å². The van der Waals surface area contributed by atoms with Crippen molar-refractivity contribution in [3.8, 4) is 0 Å². The Kier molecular flexibility index (Phi) is 6.00. The van der Waals surface area contributed by atoms with Crippen molar-refractivity contribution in [2.24, 2.45) is 0 Å². The lowest BCUT2D eigenvalue weighted by molar-refractivity contribution is -0.140. The molecule has 3 nitrogen and oxygen atoms in total. The standard InChI is InChI=1S/C18H24O3/c1-3-15-13-16(17(4-2)21-15)18(19)20-12-8-11-14-9-6-5-7-10-14/h5-7,9-10,13,15,17H,3-4,8,11-12H2,1-2H3/t15-,17-/m1/s1. The van der Waals surface area contributed by atoms with Crippen LogP contribution < -0.4 is 0 Å². The second-order valence-electron chi connectivity index (χ2n) is 5.33. The number of rotatable bonds is 7. The maximum absolute atomic E-state index is 12.1. The molecular weight excluding hydrogens is 264 g/mol. The van der Waals surface area contributed by atoms with Gasteiger partial charge in [0.15, 0.2) is 0 Å². The van der Waals surface area contributed by atoms with Crippen LogP contribution in [0.3, 0.4) is 0 Å². The average molecular weight is 288 g/mol. The third-order valence-corrected chi connectivity index (χ3v) is 3.75. The highest BCUT2D eigenvalue weighted by molar-refractivity contribution is 5.90. The van der Waals surface area contributed by atoms with Crippen molar-refractivity contribution in [2.75, 3.05) is 6.61 Å². The normalized spacial score (nSPS) is 21.1. The molecule has 0 aromatic heterocycles. The third kappa shape index (κ3) is 4.43. The Balaban J connectivity index is 1.76. The first-order valence-corrected chi connectivity index (χ1v) is 7.82. The van der Waals surface area contributed by atoms with E-state index >= 15 is 0 Å². The molecule has 0 unspecified atom stereocenters. The maximum Gasteiger partial charge on any atom is 0.336 e. The molecule has 0 fully saturated rings. The summed E-state index contributed by atoms with van der Waals surface area (Å²) in [7, 11) is 0. The number of hydrogen-bond donors (Lipinski definition) is 0. The largest absolute Gasteiger partial charge is 0.462 e. The van der Waals surface area contributed by atoms with E-state index in [9.17, 15) is 4.79 Å². The van der Waals surface area contributed by atoms with Crippen LogP contribution in [0.5, 0.6) is 0 Å². The van der Waals surface area contributed by atoms with E-state index in [0.29, 0.717) is 12.2 Å². The summed E-state index contributed by atoms with van der Waals surface area (Å²) >= 11 is 0. The monoisotopic (exact) mass is 288 g/mol. The first kappa shape index (κ1) is 15.8. The first-order chi connectivity index (χ1) is 10.2. The van der Waals surface area contributed by atoms with Gasteiger partial charge in [-0.3, -0.25) is 0 Å². The summed E-state index contributed by atoms with van der Waals surface area (Å²) < 4.78 is 11.2. The van der Waals surface area contributed by atoms with E-state index in [2.05, 4.69) is 19.1 Å². The Morgan fingerprint density at radius 2 is 1.95 bits per heavy atom. The van der Waals surface area contributed by atoms with Gasteiger partial charge in [-0.1, -0.05) is 44.2 Å². The van der Waals surface area contributed by atoms with Gasteiger partial charge in [0, 0.05) is 0 Å². The fourth-order valence-corrected chi connectivity index (χ4v) is 2.53. The zero-order valence-corrected chi connectivity index (χ0v) is 12.9. The molecule has 1 aromatic rings. The van der Waals surface area contributed by atoms with E-state index in [1.54, 1.807) is 0 Å². The molecule has 21 heavy (non-hydrogen) atoms. The van der Waals surface area contributed by atoms with Crippen molar-refractivity contribution in [3.05, 3.63) is 47.5 Å². The summed E-state index contributed by atoms with van der Waals surface area (Å²) in [6, 6.07) is 10.2. The molecule has 0 amide bonds.